The molecule has 0 spiro atoms. The van der Waals surface area contributed by atoms with Crippen molar-refractivity contribution in [3.8, 4) is 0 Å². The number of nitrogens with one attached hydrogen (secondary N) is 1. The fraction of sp³-hybridized carbons (Fsp3) is 0.600. The van der Waals surface area contributed by atoms with Gasteiger partial charge in [0.05, 0.1) is 0 Å². The van der Waals surface area contributed by atoms with Crippen molar-refractivity contribution in [2.45, 2.75) is 45.6 Å². The average Bonchev–Trinajstić information content (AvgIpc) is 2.75. The van der Waals surface area contributed by atoms with E-state index < -0.39 is 23.5 Å². The highest BCUT2D eigenvalue weighted by atomic mass is 19.1. The van der Waals surface area contributed by atoms with Crippen molar-refractivity contribution in [2.24, 2.45) is 5.41 Å². The van der Waals surface area contributed by atoms with Crippen LogP contribution in [0, 0.1) is 22.9 Å². The third kappa shape index (κ3) is 2.78. The van der Waals surface area contributed by atoms with Crippen LogP contribution in [0.25, 0.3) is 0 Å². The molecule has 19 heavy (non-hydrogen) atoms. The van der Waals surface area contributed by atoms with Crippen molar-refractivity contribution < 1.29 is 13.2 Å². The van der Waals surface area contributed by atoms with Gasteiger partial charge in [0.15, 0.2) is 0 Å². The van der Waals surface area contributed by atoms with E-state index in [4.69, 9.17) is 0 Å². The maximum absolute atomic E-state index is 14.0. The van der Waals surface area contributed by atoms with E-state index in [1.165, 1.54) is 0 Å². The minimum absolute atomic E-state index is 0.0207. The van der Waals surface area contributed by atoms with Crippen LogP contribution in [0.5, 0.6) is 0 Å². The van der Waals surface area contributed by atoms with Crippen molar-refractivity contribution in [1.82, 2.24) is 5.32 Å². The highest BCUT2D eigenvalue weighted by molar-refractivity contribution is 5.26. The topological polar surface area (TPSA) is 12.0 Å². The first-order valence-electron chi connectivity index (χ1n) is 6.86. The molecule has 2 rings (SSSR count). The maximum atomic E-state index is 14.0. The molecule has 1 aromatic rings. The Kier molecular flexibility index (Phi) is 4.19. The van der Waals surface area contributed by atoms with Crippen LogP contribution in [0.4, 0.5) is 13.2 Å². The molecule has 0 heterocycles. The highest BCUT2D eigenvalue weighted by Crippen LogP contribution is 2.48. The molecule has 1 aliphatic rings. The Labute approximate surface area is 112 Å². The fourth-order valence-corrected chi connectivity index (χ4v) is 3.20. The molecule has 1 atom stereocenters. The molecule has 1 nitrogen and oxygen atoms in total. The Morgan fingerprint density at radius 2 is 1.68 bits per heavy atom. The number of hydrogen-bond acceptors (Lipinski definition) is 1. The molecule has 1 fully saturated rings. The molecule has 1 aliphatic carbocycles. The summed E-state index contributed by atoms with van der Waals surface area (Å²) in [7, 11) is 0. The summed E-state index contributed by atoms with van der Waals surface area (Å²) >= 11 is 0. The van der Waals surface area contributed by atoms with Gasteiger partial charge in [-0.1, -0.05) is 26.7 Å². The van der Waals surface area contributed by atoms with Crippen LogP contribution in [0.2, 0.25) is 0 Å². The van der Waals surface area contributed by atoms with E-state index in [1.807, 2.05) is 6.92 Å². The van der Waals surface area contributed by atoms with Gasteiger partial charge in [-0.05, 0) is 24.8 Å². The quantitative estimate of drug-likeness (QED) is 0.859. The fourth-order valence-electron chi connectivity index (χ4n) is 3.20. The second kappa shape index (κ2) is 5.53. The molecular weight excluding hydrogens is 251 g/mol. The molecule has 1 unspecified atom stereocenters. The first-order valence-corrected chi connectivity index (χ1v) is 6.86. The molecule has 1 aromatic carbocycles. The molecule has 0 amide bonds. The monoisotopic (exact) mass is 271 g/mol. The van der Waals surface area contributed by atoms with Gasteiger partial charge in [-0.2, -0.15) is 0 Å². The largest absolute Gasteiger partial charge is 0.310 e. The highest BCUT2D eigenvalue weighted by Gasteiger charge is 2.40. The molecule has 106 valence electrons. The Balaban J connectivity index is 2.44. The van der Waals surface area contributed by atoms with Crippen LogP contribution >= 0.6 is 0 Å². The van der Waals surface area contributed by atoms with Crippen molar-refractivity contribution in [3.05, 3.63) is 35.1 Å². The second-order valence-corrected chi connectivity index (χ2v) is 5.63. The second-order valence-electron chi connectivity index (χ2n) is 5.63. The SMILES string of the molecule is CCNC(c1c(F)cc(F)cc1F)C1(C)CCCC1. The van der Waals surface area contributed by atoms with E-state index in [2.05, 4.69) is 12.2 Å². The molecule has 1 N–H and O–H groups in total. The summed E-state index contributed by atoms with van der Waals surface area (Å²) in [6.45, 7) is 4.58. The van der Waals surface area contributed by atoms with Gasteiger partial charge in [-0.3, -0.25) is 0 Å². The summed E-state index contributed by atoms with van der Waals surface area (Å²) in [6, 6.07) is 1.13. The summed E-state index contributed by atoms with van der Waals surface area (Å²) in [6.07, 6.45) is 4.01. The summed E-state index contributed by atoms with van der Waals surface area (Å²) < 4.78 is 41.0. The normalized spacial score (nSPS) is 19.6. The molecule has 4 heteroatoms. The van der Waals surface area contributed by atoms with E-state index >= 15 is 0 Å². The third-order valence-electron chi connectivity index (χ3n) is 4.18. The summed E-state index contributed by atoms with van der Waals surface area (Å²) in [4.78, 5) is 0. The Morgan fingerprint density at radius 3 is 2.16 bits per heavy atom. The predicted molar refractivity (Wildman–Crippen MR) is 69.3 cm³/mol. The van der Waals surface area contributed by atoms with Crippen molar-refractivity contribution in [1.29, 1.82) is 0 Å². The van der Waals surface area contributed by atoms with Gasteiger partial charge in [0.2, 0.25) is 0 Å². The Bertz CT molecular complexity index is 430. The van der Waals surface area contributed by atoms with Crippen molar-refractivity contribution in [2.75, 3.05) is 6.54 Å². The Morgan fingerprint density at radius 1 is 1.16 bits per heavy atom. The van der Waals surface area contributed by atoms with Crippen LogP contribution in [-0.2, 0) is 0 Å². The first-order chi connectivity index (χ1) is 8.98. The van der Waals surface area contributed by atoms with Gasteiger partial charge in [0.25, 0.3) is 0 Å². The van der Waals surface area contributed by atoms with Gasteiger partial charge in [-0.25, -0.2) is 13.2 Å². The first kappa shape index (κ1) is 14.4. The van der Waals surface area contributed by atoms with Crippen molar-refractivity contribution in [3.63, 3.8) is 0 Å². The third-order valence-corrected chi connectivity index (χ3v) is 4.18. The number of halogens is 3. The number of benzene rings is 1. The molecule has 1 saturated carbocycles. The lowest BCUT2D eigenvalue weighted by atomic mass is 9.77. The van der Waals surface area contributed by atoms with E-state index in [1.54, 1.807) is 0 Å². The Hall–Kier alpha value is -1.03. The van der Waals surface area contributed by atoms with Crippen molar-refractivity contribution >= 4 is 0 Å². The summed E-state index contributed by atoms with van der Waals surface area (Å²) in [5.74, 6) is -2.46. The van der Waals surface area contributed by atoms with Crippen LogP contribution in [0.1, 0.15) is 51.1 Å². The van der Waals surface area contributed by atoms with Gasteiger partial charge < -0.3 is 5.32 Å². The van der Waals surface area contributed by atoms with Crippen LogP contribution in [0.3, 0.4) is 0 Å². The van der Waals surface area contributed by atoms with E-state index in [-0.39, 0.29) is 11.0 Å². The predicted octanol–water partition coefficient (Wildman–Crippen LogP) is 4.33. The van der Waals surface area contributed by atoms with E-state index in [0.717, 1.165) is 37.8 Å². The zero-order valence-corrected chi connectivity index (χ0v) is 11.4. The smallest absolute Gasteiger partial charge is 0.133 e. The minimum atomic E-state index is -0.870. The summed E-state index contributed by atoms with van der Waals surface area (Å²) in [5.41, 5.74) is -0.192. The zero-order chi connectivity index (χ0) is 14.0. The van der Waals surface area contributed by atoms with Gasteiger partial charge in [0, 0.05) is 23.7 Å². The van der Waals surface area contributed by atoms with Crippen LogP contribution < -0.4 is 5.32 Å². The molecule has 0 aliphatic heterocycles. The zero-order valence-electron chi connectivity index (χ0n) is 11.4. The maximum Gasteiger partial charge on any atom is 0.133 e. The molecular formula is C15H20F3N. The summed E-state index contributed by atoms with van der Waals surface area (Å²) in [5, 5.41) is 3.18. The van der Waals surface area contributed by atoms with Gasteiger partial charge in [0.1, 0.15) is 17.5 Å². The van der Waals surface area contributed by atoms with Gasteiger partial charge in [-0.15, -0.1) is 0 Å². The average molecular weight is 271 g/mol. The molecule has 0 aromatic heterocycles. The van der Waals surface area contributed by atoms with E-state index in [9.17, 15) is 13.2 Å². The molecule has 0 bridgehead atoms. The number of hydrogen-bond donors (Lipinski definition) is 1. The van der Waals surface area contributed by atoms with E-state index in [0.29, 0.717) is 6.54 Å². The lowest BCUT2D eigenvalue weighted by molar-refractivity contribution is 0.215. The van der Waals surface area contributed by atoms with Crippen LogP contribution in [-0.4, -0.2) is 6.54 Å². The van der Waals surface area contributed by atoms with Crippen LogP contribution in [0.15, 0.2) is 12.1 Å². The lowest BCUT2D eigenvalue weighted by Crippen LogP contribution is -2.35. The molecule has 0 radical (unpaired) electrons. The molecule has 0 saturated heterocycles. The minimum Gasteiger partial charge on any atom is -0.310 e. The standard InChI is InChI=1S/C15H20F3N/c1-3-19-14(15(2)6-4-5-7-15)13-11(17)8-10(16)9-12(13)18/h8-9,14,19H,3-7H2,1-2H3. The lowest BCUT2D eigenvalue weighted by Gasteiger charge is -2.35. The number of rotatable bonds is 4. The van der Waals surface area contributed by atoms with Gasteiger partial charge >= 0.3 is 0 Å².